The molecular weight excluding hydrogens is 410 g/mol. The van der Waals surface area contributed by atoms with Crippen molar-refractivity contribution < 1.29 is 17.4 Å². The van der Waals surface area contributed by atoms with Crippen LogP contribution in [0.25, 0.3) is 0 Å². The number of rotatable bonds is 9. The molecule has 2 aromatic carbocycles. The number of piperidine rings is 1. The molecule has 7 heteroatoms. The first-order chi connectivity index (χ1) is 13.9. The second-order valence-electron chi connectivity index (χ2n) is 7.30. The third-order valence-corrected chi connectivity index (χ3v) is 6.55. The zero-order valence-electron chi connectivity index (χ0n) is 16.3. The lowest BCUT2D eigenvalue weighted by molar-refractivity contribution is 0.0977. The molecule has 0 bridgehead atoms. The Morgan fingerprint density at radius 3 is 2.45 bits per heavy atom. The van der Waals surface area contributed by atoms with E-state index in [-0.39, 0.29) is 16.4 Å². The molecule has 2 aromatic rings. The first kappa shape index (κ1) is 21.8. The van der Waals surface area contributed by atoms with Crippen LogP contribution in [-0.4, -0.2) is 38.7 Å². The molecule has 0 radical (unpaired) electrons. The highest BCUT2D eigenvalue weighted by atomic mass is 35.5. The number of carbonyl (C=O) groups excluding carboxylic acids is 1. The van der Waals surface area contributed by atoms with Gasteiger partial charge in [0, 0.05) is 17.0 Å². The fourth-order valence-electron chi connectivity index (χ4n) is 3.45. The van der Waals surface area contributed by atoms with Crippen LogP contribution < -0.4 is 4.18 Å². The van der Waals surface area contributed by atoms with Gasteiger partial charge in [0.1, 0.15) is 10.6 Å². The van der Waals surface area contributed by atoms with Crippen molar-refractivity contribution in [3.63, 3.8) is 0 Å². The maximum atomic E-state index is 12.5. The van der Waals surface area contributed by atoms with Crippen LogP contribution in [-0.2, 0) is 10.1 Å². The number of Topliss-reactive ketones (excluding diaryl/α,β-unsaturated/α-hetero) is 1. The minimum Gasteiger partial charge on any atom is -0.379 e. The first-order valence-corrected chi connectivity index (χ1v) is 11.8. The van der Waals surface area contributed by atoms with E-state index in [0.29, 0.717) is 17.0 Å². The molecule has 1 heterocycles. The van der Waals surface area contributed by atoms with Gasteiger partial charge < -0.3 is 9.08 Å². The van der Waals surface area contributed by atoms with Crippen LogP contribution in [0.1, 0.15) is 48.9 Å². The number of carbonyl (C=O) groups is 1. The molecule has 0 aliphatic carbocycles. The summed E-state index contributed by atoms with van der Waals surface area (Å²) >= 11 is 5.80. The lowest BCUT2D eigenvalue weighted by Crippen LogP contribution is -2.30. The summed E-state index contributed by atoms with van der Waals surface area (Å²) in [5, 5.41) is 0.442. The predicted molar refractivity (Wildman–Crippen MR) is 114 cm³/mol. The molecule has 1 aliphatic rings. The smallest absolute Gasteiger partial charge is 0.339 e. The molecule has 0 saturated carbocycles. The number of likely N-dealkylation sites (tertiary alicyclic amines) is 1. The Morgan fingerprint density at radius 2 is 1.72 bits per heavy atom. The van der Waals surface area contributed by atoms with Crippen LogP contribution in [0.15, 0.2) is 53.4 Å². The van der Waals surface area contributed by atoms with Gasteiger partial charge in [0.2, 0.25) is 0 Å². The lowest BCUT2D eigenvalue weighted by Gasteiger charge is -2.26. The summed E-state index contributed by atoms with van der Waals surface area (Å²) in [7, 11) is -3.98. The topological polar surface area (TPSA) is 63.7 Å². The van der Waals surface area contributed by atoms with Gasteiger partial charge in [-0.3, -0.25) is 4.79 Å². The maximum Gasteiger partial charge on any atom is 0.339 e. The van der Waals surface area contributed by atoms with Gasteiger partial charge >= 0.3 is 10.1 Å². The van der Waals surface area contributed by atoms with Gasteiger partial charge in [-0.05, 0) is 81.7 Å². The summed E-state index contributed by atoms with van der Waals surface area (Å²) in [5.41, 5.74) is 0.465. The third kappa shape index (κ3) is 6.56. The van der Waals surface area contributed by atoms with E-state index < -0.39 is 10.1 Å². The van der Waals surface area contributed by atoms with Crippen molar-refractivity contribution in [1.29, 1.82) is 0 Å². The molecule has 0 N–H and O–H groups in total. The van der Waals surface area contributed by atoms with Crippen molar-refractivity contribution in [2.24, 2.45) is 0 Å². The summed E-state index contributed by atoms with van der Waals surface area (Å²) in [5.74, 6) is 0.122. The van der Waals surface area contributed by atoms with Crippen LogP contribution in [0.5, 0.6) is 5.75 Å². The Bertz CT molecular complexity index is 922. The van der Waals surface area contributed by atoms with E-state index in [1.165, 1.54) is 55.7 Å². The van der Waals surface area contributed by atoms with E-state index in [4.69, 9.17) is 15.8 Å². The first-order valence-electron chi connectivity index (χ1n) is 10.00. The summed E-state index contributed by atoms with van der Waals surface area (Å²) in [4.78, 5) is 15.0. The fourth-order valence-corrected chi connectivity index (χ4v) is 4.49. The normalized spacial score (nSPS) is 15.2. The van der Waals surface area contributed by atoms with Crippen LogP contribution >= 0.6 is 11.6 Å². The van der Waals surface area contributed by atoms with E-state index in [1.54, 1.807) is 12.1 Å². The van der Waals surface area contributed by atoms with Gasteiger partial charge in [0.15, 0.2) is 5.78 Å². The minimum absolute atomic E-state index is 0.00187. The molecule has 0 unspecified atom stereocenters. The molecule has 3 rings (SSSR count). The predicted octanol–water partition coefficient (Wildman–Crippen LogP) is 4.95. The third-order valence-electron chi connectivity index (χ3n) is 5.04. The van der Waals surface area contributed by atoms with Crippen LogP contribution in [0, 0.1) is 0 Å². The van der Waals surface area contributed by atoms with Crippen LogP contribution in [0.2, 0.25) is 5.02 Å². The standard InChI is InChI=1S/C22H26ClNO4S/c23-19-10-12-21(13-11-19)29(26,27)28-20-8-6-7-18(17-20)22(25)9-2-5-16-24-14-3-1-4-15-24/h6-8,10-13,17H,1-5,9,14-16H2. The van der Waals surface area contributed by atoms with Gasteiger partial charge in [0.25, 0.3) is 0 Å². The number of hydrogen-bond donors (Lipinski definition) is 0. The highest BCUT2D eigenvalue weighted by Gasteiger charge is 2.17. The second-order valence-corrected chi connectivity index (χ2v) is 9.28. The van der Waals surface area contributed by atoms with Gasteiger partial charge in [0.05, 0.1) is 0 Å². The molecule has 1 saturated heterocycles. The van der Waals surface area contributed by atoms with E-state index in [0.717, 1.165) is 32.5 Å². The number of hydrogen-bond acceptors (Lipinski definition) is 5. The van der Waals surface area contributed by atoms with E-state index in [2.05, 4.69) is 4.90 Å². The number of halogens is 1. The molecular formula is C22H26ClNO4S. The van der Waals surface area contributed by atoms with Gasteiger partial charge in [-0.15, -0.1) is 0 Å². The number of unbranched alkanes of at least 4 members (excludes halogenated alkanes) is 1. The highest BCUT2D eigenvalue weighted by molar-refractivity contribution is 7.87. The van der Waals surface area contributed by atoms with Gasteiger partial charge in [-0.25, -0.2) is 0 Å². The minimum atomic E-state index is -3.98. The van der Waals surface area contributed by atoms with E-state index in [9.17, 15) is 13.2 Å². The number of ketones is 1. The van der Waals surface area contributed by atoms with E-state index >= 15 is 0 Å². The monoisotopic (exact) mass is 435 g/mol. The molecule has 156 valence electrons. The molecule has 29 heavy (non-hydrogen) atoms. The second kappa shape index (κ2) is 10.2. The molecule has 0 aromatic heterocycles. The summed E-state index contributed by atoms with van der Waals surface area (Å²) in [6, 6.07) is 12.1. The fraction of sp³-hybridized carbons (Fsp3) is 0.409. The van der Waals surface area contributed by atoms with Crippen molar-refractivity contribution in [2.75, 3.05) is 19.6 Å². The lowest BCUT2D eigenvalue weighted by atomic mass is 10.0. The van der Waals surface area contributed by atoms with Crippen molar-refractivity contribution >= 4 is 27.5 Å². The summed E-state index contributed by atoms with van der Waals surface area (Å²) < 4.78 is 30.0. The molecule has 0 spiro atoms. The molecule has 0 amide bonds. The number of benzene rings is 2. The Labute approximate surface area is 177 Å². The summed E-state index contributed by atoms with van der Waals surface area (Å²) in [6.07, 6.45) is 6.12. The van der Waals surface area contributed by atoms with Crippen molar-refractivity contribution in [3.8, 4) is 5.75 Å². The SMILES string of the molecule is O=C(CCCCN1CCCCC1)c1cccc(OS(=O)(=O)c2ccc(Cl)cc2)c1. The Morgan fingerprint density at radius 1 is 1.00 bits per heavy atom. The molecule has 5 nitrogen and oxygen atoms in total. The Kier molecular flexibility index (Phi) is 7.70. The zero-order chi connectivity index (χ0) is 20.7. The Hall–Kier alpha value is -1.89. The van der Waals surface area contributed by atoms with Crippen LogP contribution in [0.4, 0.5) is 0 Å². The van der Waals surface area contributed by atoms with Gasteiger partial charge in [-0.1, -0.05) is 30.2 Å². The largest absolute Gasteiger partial charge is 0.379 e. The summed E-state index contributed by atoms with van der Waals surface area (Å²) in [6.45, 7) is 3.36. The average Bonchev–Trinajstić information content (AvgIpc) is 2.72. The Balaban J connectivity index is 1.54. The maximum absolute atomic E-state index is 12.5. The average molecular weight is 436 g/mol. The highest BCUT2D eigenvalue weighted by Crippen LogP contribution is 2.22. The van der Waals surface area contributed by atoms with Gasteiger partial charge in [-0.2, -0.15) is 8.42 Å². The molecule has 1 fully saturated rings. The molecule has 1 aliphatic heterocycles. The van der Waals surface area contributed by atoms with E-state index in [1.807, 2.05) is 0 Å². The van der Waals surface area contributed by atoms with Crippen molar-refractivity contribution in [3.05, 3.63) is 59.1 Å². The molecule has 0 atom stereocenters. The zero-order valence-corrected chi connectivity index (χ0v) is 17.9. The quantitative estimate of drug-likeness (QED) is 0.317. The van der Waals surface area contributed by atoms with Crippen LogP contribution in [0.3, 0.4) is 0 Å². The van der Waals surface area contributed by atoms with Crippen molar-refractivity contribution in [1.82, 2.24) is 4.90 Å². The number of nitrogens with zero attached hydrogens (tertiary/aromatic N) is 1. The van der Waals surface area contributed by atoms with Crippen molar-refractivity contribution in [2.45, 2.75) is 43.4 Å².